The van der Waals surface area contributed by atoms with Crippen molar-refractivity contribution >= 4 is 11.4 Å². The van der Waals surface area contributed by atoms with Gasteiger partial charge in [0.15, 0.2) is 5.69 Å². The number of benzene rings is 1. The summed E-state index contributed by atoms with van der Waals surface area (Å²) in [6.45, 7) is 9.29. The molecule has 1 aromatic heterocycles. The van der Waals surface area contributed by atoms with E-state index in [1.165, 1.54) is 0 Å². The number of pyridine rings is 1. The molecule has 1 saturated heterocycles. The van der Waals surface area contributed by atoms with Crippen LogP contribution in [0.15, 0.2) is 41.5 Å². The first-order valence-corrected chi connectivity index (χ1v) is 8.10. The lowest BCUT2D eigenvalue weighted by Gasteiger charge is -2.24. The number of hydrogen-bond acceptors (Lipinski definition) is 4. The second-order valence-electron chi connectivity index (χ2n) is 5.91. The fourth-order valence-electron chi connectivity index (χ4n) is 3.11. The summed E-state index contributed by atoms with van der Waals surface area (Å²) in [4.78, 5) is 12.6. The molecule has 1 aromatic carbocycles. The standard InChI is InChI=1S/C19H17N3O2/c1-20-15-4-2-3-13(11-15)18-17-14(12-22-18)5-8-21-19(17)24-16-6-9-23-10-7-16/h2-5,8,11,16H,6-7,9-10,12H2. The van der Waals surface area contributed by atoms with Crippen molar-refractivity contribution in [2.75, 3.05) is 13.2 Å². The van der Waals surface area contributed by atoms with E-state index in [1.807, 2.05) is 24.3 Å². The van der Waals surface area contributed by atoms with E-state index in [4.69, 9.17) is 16.0 Å². The highest BCUT2D eigenvalue weighted by Gasteiger charge is 2.25. The summed E-state index contributed by atoms with van der Waals surface area (Å²) >= 11 is 0. The molecule has 0 aliphatic carbocycles. The zero-order valence-corrected chi connectivity index (χ0v) is 13.2. The molecule has 5 heteroatoms. The average Bonchev–Trinajstić information content (AvgIpc) is 3.08. The molecule has 0 amide bonds. The van der Waals surface area contributed by atoms with Crippen molar-refractivity contribution in [2.24, 2.45) is 4.99 Å². The zero-order valence-electron chi connectivity index (χ0n) is 13.2. The highest BCUT2D eigenvalue weighted by atomic mass is 16.5. The summed E-state index contributed by atoms with van der Waals surface area (Å²) in [5, 5.41) is 0. The molecule has 0 spiro atoms. The monoisotopic (exact) mass is 319 g/mol. The molecule has 2 aliphatic heterocycles. The van der Waals surface area contributed by atoms with Crippen molar-refractivity contribution in [1.82, 2.24) is 4.98 Å². The molecule has 0 unspecified atom stereocenters. The molecule has 120 valence electrons. The van der Waals surface area contributed by atoms with E-state index in [0.29, 0.717) is 18.1 Å². The van der Waals surface area contributed by atoms with Gasteiger partial charge in [0, 0.05) is 19.0 Å². The summed E-state index contributed by atoms with van der Waals surface area (Å²) in [7, 11) is 0. The minimum absolute atomic E-state index is 0.133. The predicted octanol–water partition coefficient (Wildman–Crippen LogP) is 3.54. The van der Waals surface area contributed by atoms with Crippen molar-refractivity contribution < 1.29 is 9.47 Å². The average molecular weight is 319 g/mol. The maximum atomic E-state index is 7.20. The van der Waals surface area contributed by atoms with Gasteiger partial charge in [-0.2, -0.15) is 0 Å². The fraction of sp³-hybridized carbons (Fsp3) is 0.316. The summed E-state index contributed by atoms with van der Waals surface area (Å²) < 4.78 is 11.6. The number of nitrogens with zero attached hydrogens (tertiary/aromatic N) is 3. The highest BCUT2D eigenvalue weighted by molar-refractivity contribution is 6.16. The van der Waals surface area contributed by atoms with E-state index >= 15 is 0 Å². The molecule has 2 aromatic rings. The van der Waals surface area contributed by atoms with E-state index < -0.39 is 0 Å². The minimum atomic E-state index is 0.133. The second-order valence-corrected chi connectivity index (χ2v) is 5.91. The van der Waals surface area contributed by atoms with Crippen LogP contribution in [0.2, 0.25) is 0 Å². The van der Waals surface area contributed by atoms with Crippen LogP contribution in [-0.2, 0) is 11.3 Å². The van der Waals surface area contributed by atoms with Gasteiger partial charge >= 0.3 is 0 Å². The van der Waals surface area contributed by atoms with E-state index in [2.05, 4.69) is 14.8 Å². The lowest BCUT2D eigenvalue weighted by Crippen LogP contribution is -2.27. The lowest BCUT2D eigenvalue weighted by atomic mass is 10.0. The van der Waals surface area contributed by atoms with Gasteiger partial charge in [0.1, 0.15) is 6.10 Å². The Morgan fingerprint density at radius 2 is 2.08 bits per heavy atom. The van der Waals surface area contributed by atoms with Crippen molar-refractivity contribution in [3.8, 4) is 5.88 Å². The molecular formula is C19H17N3O2. The van der Waals surface area contributed by atoms with Gasteiger partial charge in [-0.05, 0) is 23.3 Å². The van der Waals surface area contributed by atoms with Crippen LogP contribution in [0.1, 0.15) is 29.5 Å². The SMILES string of the molecule is [C-]#[N+]c1cccc(C2=NCc3ccnc(OC4CCOCC4)c32)c1. The lowest BCUT2D eigenvalue weighted by molar-refractivity contribution is 0.0236. The van der Waals surface area contributed by atoms with Crippen LogP contribution in [0.4, 0.5) is 5.69 Å². The third-order valence-corrected chi connectivity index (χ3v) is 4.34. The number of rotatable bonds is 3. The van der Waals surface area contributed by atoms with Crippen LogP contribution in [0.3, 0.4) is 0 Å². The van der Waals surface area contributed by atoms with Crippen LogP contribution >= 0.6 is 0 Å². The maximum Gasteiger partial charge on any atom is 0.223 e. The first kappa shape index (κ1) is 14.9. The Hall–Kier alpha value is -2.71. The fourth-order valence-corrected chi connectivity index (χ4v) is 3.11. The van der Waals surface area contributed by atoms with Gasteiger partial charge in [0.05, 0.1) is 37.6 Å². The van der Waals surface area contributed by atoms with Crippen LogP contribution in [0, 0.1) is 6.57 Å². The maximum absolute atomic E-state index is 7.20. The Balaban J connectivity index is 1.69. The molecule has 0 saturated carbocycles. The first-order chi connectivity index (χ1) is 11.8. The van der Waals surface area contributed by atoms with Gasteiger partial charge in [0.2, 0.25) is 5.88 Å². The zero-order chi connectivity index (χ0) is 16.4. The molecule has 0 N–H and O–H groups in total. The number of aliphatic imine (C=N–C) groups is 1. The van der Waals surface area contributed by atoms with E-state index in [0.717, 1.165) is 48.5 Å². The molecule has 24 heavy (non-hydrogen) atoms. The largest absolute Gasteiger partial charge is 0.474 e. The van der Waals surface area contributed by atoms with Gasteiger partial charge < -0.3 is 9.47 Å². The third kappa shape index (κ3) is 2.77. The van der Waals surface area contributed by atoms with E-state index in [9.17, 15) is 0 Å². The number of aromatic nitrogens is 1. The molecule has 0 bridgehead atoms. The quantitative estimate of drug-likeness (QED) is 0.813. The van der Waals surface area contributed by atoms with Crippen molar-refractivity contribution in [2.45, 2.75) is 25.5 Å². The number of hydrogen-bond donors (Lipinski definition) is 0. The number of fused-ring (bicyclic) bond motifs is 1. The van der Waals surface area contributed by atoms with Crippen LogP contribution in [-0.4, -0.2) is 30.0 Å². The Labute approximate surface area is 140 Å². The molecular weight excluding hydrogens is 302 g/mol. The van der Waals surface area contributed by atoms with Gasteiger partial charge in [-0.3, -0.25) is 4.99 Å². The second kappa shape index (κ2) is 6.42. The van der Waals surface area contributed by atoms with Gasteiger partial charge in [0.25, 0.3) is 0 Å². The topological polar surface area (TPSA) is 48.1 Å². The molecule has 0 atom stereocenters. The van der Waals surface area contributed by atoms with Crippen molar-refractivity contribution in [3.05, 3.63) is 64.6 Å². The van der Waals surface area contributed by atoms with Crippen molar-refractivity contribution in [1.29, 1.82) is 0 Å². The Morgan fingerprint density at radius 3 is 2.92 bits per heavy atom. The first-order valence-electron chi connectivity index (χ1n) is 8.10. The number of ether oxygens (including phenoxy) is 2. The highest BCUT2D eigenvalue weighted by Crippen LogP contribution is 2.31. The van der Waals surface area contributed by atoms with E-state index in [1.54, 1.807) is 12.3 Å². The summed E-state index contributed by atoms with van der Waals surface area (Å²) in [5.74, 6) is 0.642. The smallest absolute Gasteiger partial charge is 0.223 e. The van der Waals surface area contributed by atoms with Crippen LogP contribution in [0.25, 0.3) is 4.85 Å². The van der Waals surface area contributed by atoms with E-state index in [-0.39, 0.29) is 6.10 Å². The third-order valence-electron chi connectivity index (χ3n) is 4.34. The molecule has 0 radical (unpaired) electrons. The molecule has 4 rings (SSSR count). The predicted molar refractivity (Wildman–Crippen MR) is 90.8 cm³/mol. The van der Waals surface area contributed by atoms with Crippen LogP contribution in [0.5, 0.6) is 5.88 Å². The van der Waals surface area contributed by atoms with Gasteiger partial charge in [-0.1, -0.05) is 18.2 Å². The van der Waals surface area contributed by atoms with Crippen molar-refractivity contribution in [3.63, 3.8) is 0 Å². The molecule has 2 aliphatic rings. The Morgan fingerprint density at radius 1 is 1.21 bits per heavy atom. The molecule has 1 fully saturated rings. The van der Waals surface area contributed by atoms with Crippen LogP contribution < -0.4 is 4.74 Å². The minimum Gasteiger partial charge on any atom is -0.474 e. The normalized spacial score (nSPS) is 17.0. The molecule has 5 nitrogen and oxygen atoms in total. The Kier molecular flexibility index (Phi) is 3.97. The summed E-state index contributed by atoms with van der Waals surface area (Å²) in [5.41, 5.74) is 4.50. The summed E-state index contributed by atoms with van der Waals surface area (Å²) in [6.07, 6.45) is 3.67. The van der Waals surface area contributed by atoms with Gasteiger partial charge in [-0.25, -0.2) is 9.83 Å². The summed E-state index contributed by atoms with van der Waals surface area (Å²) in [6, 6.07) is 9.52. The molecule has 3 heterocycles. The van der Waals surface area contributed by atoms with Gasteiger partial charge in [-0.15, -0.1) is 0 Å². The Bertz CT molecular complexity index is 833.